The van der Waals surface area contributed by atoms with Crippen LogP contribution in [0.25, 0.3) is 0 Å². The Morgan fingerprint density at radius 2 is 1.81 bits per heavy atom. The van der Waals surface area contributed by atoms with Crippen molar-refractivity contribution in [2.24, 2.45) is 5.73 Å². The number of halogens is 1. The summed E-state index contributed by atoms with van der Waals surface area (Å²) in [6.07, 6.45) is 0. The highest BCUT2D eigenvalue weighted by molar-refractivity contribution is 5.85. The summed E-state index contributed by atoms with van der Waals surface area (Å²) in [6, 6.07) is 3.06. The molecule has 120 valence electrons. The van der Waals surface area contributed by atoms with Crippen molar-refractivity contribution in [1.82, 2.24) is 5.32 Å². The summed E-state index contributed by atoms with van der Waals surface area (Å²) in [5, 5.41) is 2.74. The molecule has 0 bridgehead atoms. The Hall–Kier alpha value is -1.66. The van der Waals surface area contributed by atoms with Gasteiger partial charge in [0.1, 0.15) is 0 Å². The Balaban J connectivity index is 0.00000400. The average Bonchev–Trinajstić information content (AvgIpc) is 2.45. The molecule has 1 amide bonds. The second kappa shape index (κ2) is 9.31. The quantitative estimate of drug-likeness (QED) is 0.796. The third-order valence-corrected chi connectivity index (χ3v) is 2.69. The molecular weight excluding hydrogens is 296 g/mol. The number of benzene rings is 1. The fourth-order valence-electron chi connectivity index (χ4n) is 1.67. The summed E-state index contributed by atoms with van der Waals surface area (Å²) < 4.78 is 16.1. The van der Waals surface area contributed by atoms with E-state index in [1.54, 1.807) is 33.3 Å². The molecule has 21 heavy (non-hydrogen) atoms. The van der Waals surface area contributed by atoms with Crippen LogP contribution in [0.3, 0.4) is 0 Å². The van der Waals surface area contributed by atoms with E-state index in [4.69, 9.17) is 19.9 Å². The second-order valence-corrected chi connectivity index (χ2v) is 4.27. The lowest BCUT2D eigenvalue weighted by atomic mass is 10.1. The van der Waals surface area contributed by atoms with Crippen molar-refractivity contribution in [3.8, 4) is 17.2 Å². The van der Waals surface area contributed by atoms with Crippen molar-refractivity contribution in [3.63, 3.8) is 0 Å². The molecule has 7 heteroatoms. The van der Waals surface area contributed by atoms with E-state index >= 15 is 0 Å². The zero-order valence-electron chi connectivity index (χ0n) is 12.8. The number of nitrogens with two attached hydrogens (primary N) is 1. The molecule has 0 aliphatic heterocycles. The van der Waals surface area contributed by atoms with Gasteiger partial charge in [-0.25, -0.2) is 0 Å². The first-order chi connectivity index (χ1) is 9.53. The maximum atomic E-state index is 11.5. The molecule has 0 heterocycles. The molecule has 6 nitrogen and oxygen atoms in total. The number of carbonyl (C=O) groups is 1. The van der Waals surface area contributed by atoms with Gasteiger partial charge in [0.25, 0.3) is 0 Å². The average molecular weight is 319 g/mol. The topological polar surface area (TPSA) is 82.8 Å². The van der Waals surface area contributed by atoms with Crippen LogP contribution < -0.4 is 25.3 Å². The highest BCUT2D eigenvalue weighted by Gasteiger charge is 2.14. The zero-order chi connectivity index (χ0) is 15.1. The summed E-state index contributed by atoms with van der Waals surface area (Å²) in [5.74, 6) is 1.48. The molecular formula is C14H23ClN2O4. The van der Waals surface area contributed by atoms with Crippen molar-refractivity contribution in [2.75, 3.05) is 20.8 Å². The lowest BCUT2D eigenvalue weighted by molar-refractivity contribution is -0.122. The van der Waals surface area contributed by atoms with Crippen molar-refractivity contribution in [2.45, 2.75) is 26.4 Å². The minimum Gasteiger partial charge on any atom is -0.493 e. The van der Waals surface area contributed by atoms with E-state index in [1.165, 1.54) is 0 Å². The van der Waals surface area contributed by atoms with E-state index in [2.05, 4.69) is 5.32 Å². The van der Waals surface area contributed by atoms with Gasteiger partial charge in [-0.3, -0.25) is 4.79 Å². The third-order valence-electron chi connectivity index (χ3n) is 2.69. The van der Waals surface area contributed by atoms with E-state index in [9.17, 15) is 4.79 Å². The Labute approximate surface area is 131 Å². The first-order valence-corrected chi connectivity index (χ1v) is 6.44. The van der Waals surface area contributed by atoms with Crippen molar-refractivity contribution in [3.05, 3.63) is 17.7 Å². The molecule has 0 spiro atoms. The van der Waals surface area contributed by atoms with Crippen LogP contribution in [0.4, 0.5) is 0 Å². The van der Waals surface area contributed by atoms with Gasteiger partial charge in [0.05, 0.1) is 26.9 Å². The SMILES string of the molecule is CCOc1c(OC)cc(CNC(=O)[C@@H](C)N)cc1OC.Cl. The lowest BCUT2D eigenvalue weighted by Gasteiger charge is -2.16. The van der Waals surface area contributed by atoms with Crippen LogP contribution in [0.15, 0.2) is 12.1 Å². The van der Waals surface area contributed by atoms with E-state index in [0.29, 0.717) is 30.4 Å². The summed E-state index contributed by atoms with van der Waals surface area (Å²) in [4.78, 5) is 11.5. The van der Waals surface area contributed by atoms with Crippen LogP contribution in [0, 0.1) is 0 Å². The Kier molecular flexibility index (Phi) is 8.57. The molecule has 0 saturated heterocycles. The summed E-state index contributed by atoms with van der Waals surface area (Å²) in [5.41, 5.74) is 6.34. The Morgan fingerprint density at radius 1 is 1.29 bits per heavy atom. The van der Waals surface area contributed by atoms with E-state index in [-0.39, 0.29) is 18.3 Å². The molecule has 0 fully saturated rings. The Bertz CT molecular complexity index is 441. The lowest BCUT2D eigenvalue weighted by Crippen LogP contribution is -2.37. The largest absolute Gasteiger partial charge is 0.493 e. The smallest absolute Gasteiger partial charge is 0.236 e. The second-order valence-electron chi connectivity index (χ2n) is 4.27. The molecule has 0 aromatic heterocycles. The molecule has 3 N–H and O–H groups in total. The molecule has 0 saturated carbocycles. The van der Waals surface area contributed by atoms with Gasteiger partial charge in [-0.2, -0.15) is 0 Å². The van der Waals surface area contributed by atoms with Crippen LogP contribution in [0.1, 0.15) is 19.4 Å². The normalized spacial score (nSPS) is 11.1. The van der Waals surface area contributed by atoms with Gasteiger partial charge in [-0.15, -0.1) is 12.4 Å². The predicted molar refractivity (Wildman–Crippen MR) is 83.5 cm³/mol. The van der Waals surface area contributed by atoms with E-state index < -0.39 is 6.04 Å². The fraction of sp³-hybridized carbons (Fsp3) is 0.500. The van der Waals surface area contributed by atoms with Gasteiger partial charge in [-0.05, 0) is 31.5 Å². The number of nitrogens with one attached hydrogen (secondary N) is 1. The molecule has 0 unspecified atom stereocenters. The van der Waals surface area contributed by atoms with E-state index in [1.807, 2.05) is 6.92 Å². The number of methoxy groups -OCH3 is 2. The van der Waals surface area contributed by atoms with Crippen molar-refractivity contribution in [1.29, 1.82) is 0 Å². The van der Waals surface area contributed by atoms with Gasteiger partial charge >= 0.3 is 0 Å². The number of ether oxygens (including phenoxy) is 3. The number of rotatable bonds is 7. The molecule has 0 aliphatic rings. The van der Waals surface area contributed by atoms with Crippen LogP contribution >= 0.6 is 12.4 Å². The summed E-state index contributed by atoms with van der Waals surface area (Å²) in [7, 11) is 3.11. The van der Waals surface area contributed by atoms with Crippen LogP contribution in [0.5, 0.6) is 17.2 Å². The first-order valence-electron chi connectivity index (χ1n) is 6.44. The van der Waals surface area contributed by atoms with Gasteiger partial charge < -0.3 is 25.3 Å². The number of hydrogen-bond donors (Lipinski definition) is 2. The Morgan fingerprint density at radius 3 is 2.19 bits per heavy atom. The number of amides is 1. The van der Waals surface area contributed by atoms with Crippen LogP contribution in [-0.4, -0.2) is 32.8 Å². The number of hydrogen-bond acceptors (Lipinski definition) is 5. The molecule has 0 aliphatic carbocycles. The minimum absolute atomic E-state index is 0. The van der Waals surface area contributed by atoms with Gasteiger partial charge in [0, 0.05) is 6.54 Å². The molecule has 1 aromatic carbocycles. The van der Waals surface area contributed by atoms with E-state index in [0.717, 1.165) is 5.56 Å². The van der Waals surface area contributed by atoms with Gasteiger partial charge in [0.15, 0.2) is 11.5 Å². The van der Waals surface area contributed by atoms with Crippen molar-refractivity contribution >= 4 is 18.3 Å². The monoisotopic (exact) mass is 318 g/mol. The molecule has 1 rings (SSSR count). The maximum Gasteiger partial charge on any atom is 0.236 e. The first kappa shape index (κ1) is 19.3. The summed E-state index contributed by atoms with van der Waals surface area (Å²) in [6.45, 7) is 4.37. The van der Waals surface area contributed by atoms with Gasteiger partial charge in [-0.1, -0.05) is 0 Å². The number of carbonyl (C=O) groups excluding carboxylic acids is 1. The molecule has 1 atom stereocenters. The van der Waals surface area contributed by atoms with Crippen LogP contribution in [0.2, 0.25) is 0 Å². The minimum atomic E-state index is -0.540. The van der Waals surface area contributed by atoms with Gasteiger partial charge in [0.2, 0.25) is 11.7 Å². The van der Waals surface area contributed by atoms with Crippen LogP contribution in [-0.2, 0) is 11.3 Å². The zero-order valence-corrected chi connectivity index (χ0v) is 13.6. The summed E-state index contributed by atoms with van der Waals surface area (Å²) >= 11 is 0. The van der Waals surface area contributed by atoms with Crippen molar-refractivity contribution < 1.29 is 19.0 Å². The fourth-order valence-corrected chi connectivity index (χ4v) is 1.67. The highest BCUT2D eigenvalue weighted by Crippen LogP contribution is 2.38. The highest BCUT2D eigenvalue weighted by atomic mass is 35.5. The molecule has 0 radical (unpaired) electrons. The standard InChI is InChI=1S/C14H22N2O4.ClH/c1-5-20-13-11(18-3)6-10(7-12(13)19-4)8-16-14(17)9(2)15;/h6-7,9H,5,8,15H2,1-4H3,(H,16,17);1H/t9-;/m1./s1. The maximum absolute atomic E-state index is 11.5. The molecule has 1 aromatic rings. The third kappa shape index (κ3) is 5.32. The predicted octanol–water partition coefficient (Wildman–Crippen LogP) is 1.49.